The minimum absolute atomic E-state index is 0.0164. The van der Waals surface area contributed by atoms with E-state index in [9.17, 15) is 28.1 Å². The lowest BCUT2D eigenvalue weighted by Crippen LogP contribution is -2.11. The van der Waals surface area contributed by atoms with Crippen molar-refractivity contribution in [2.24, 2.45) is 0 Å². The molecule has 2 aromatic carbocycles. The van der Waals surface area contributed by atoms with E-state index in [2.05, 4.69) is 5.32 Å². The number of anilines is 1. The maximum absolute atomic E-state index is 15.9. The predicted octanol–water partition coefficient (Wildman–Crippen LogP) is 6.70. The van der Waals surface area contributed by atoms with Crippen molar-refractivity contribution < 1.29 is 36.8 Å². The molecule has 40 heavy (non-hydrogen) atoms. The number of benzene rings is 2. The number of halogens is 4. The first-order valence-corrected chi connectivity index (χ1v) is 12.2. The van der Waals surface area contributed by atoms with Crippen molar-refractivity contribution in [2.45, 2.75) is 20.8 Å². The molecule has 212 valence electrons. The quantitative estimate of drug-likeness (QED) is 0.0610. The molecule has 0 aliphatic carbocycles. The van der Waals surface area contributed by atoms with Gasteiger partial charge < -0.3 is 19.2 Å². The van der Waals surface area contributed by atoms with Crippen LogP contribution in [0.1, 0.15) is 35.5 Å². The number of ether oxygens (including phenoxy) is 2. The summed E-state index contributed by atoms with van der Waals surface area (Å²) in [6.45, 7) is 5.99. The van der Waals surface area contributed by atoms with Crippen LogP contribution in [-0.4, -0.2) is 42.5 Å². The summed E-state index contributed by atoms with van der Waals surface area (Å²) in [6, 6.07) is 6.85. The minimum Gasteiger partial charge on any atom is -0.496 e. The van der Waals surface area contributed by atoms with Crippen LogP contribution in [0.4, 0.5) is 28.9 Å². The molecule has 0 atom stereocenters. The van der Waals surface area contributed by atoms with Crippen LogP contribution < -0.4 is 10.1 Å². The van der Waals surface area contributed by atoms with Gasteiger partial charge in [-0.15, -0.1) is 0 Å². The van der Waals surface area contributed by atoms with E-state index in [-0.39, 0.29) is 41.4 Å². The largest absolute Gasteiger partial charge is 0.496 e. The number of aromatic nitrogens is 1. The van der Waals surface area contributed by atoms with Crippen LogP contribution in [0.3, 0.4) is 0 Å². The molecule has 0 bridgehead atoms. The highest BCUT2D eigenvalue weighted by Gasteiger charge is 2.30. The summed E-state index contributed by atoms with van der Waals surface area (Å²) in [5, 5.41) is 14.6. The number of carbonyl (C=O) groups excluding carboxylic acids is 1. The lowest BCUT2D eigenvalue weighted by atomic mass is 10.00. The van der Waals surface area contributed by atoms with Gasteiger partial charge in [0.15, 0.2) is 17.5 Å². The molecule has 0 unspecified atom stereocenters. The average Bonchev–Trinajstić information content (AvgIpc) is 3.28. The second kappa shape index (κ2) is 12.6. The van der Waals surface area contributed by atoms with Crippen molar-refractivity contribution in [1.29, 1.82) is 0 Å². The number of rotatable bonds is 9. The van der Waals surface area contributed by atoms with E-state index in [0.717, 1.165) is 0 Å². The molecule has 4 rings (SSSR count). The van der Waals surface area contributed by atoms with Gasteiger partial charge in [-0.25, -0.2) is 13.2 Å². The van der Waals surface area contributed by atoms with Crippen molar-refractivity contribution in [3.8, 4) is 16.9 Å². The Morgan fingerprint density at radius 2 is 1.70 bits per heavy atom. The Kier molecular flexibility index (Phi) is 9.48. The highest BCUT2D eigenvalue weighted by Crippen LogP contribution is 2.44. The normalized spacial score (nSPS) is 10.7. The van der Waals surface area contributed by atoms with Gasteiger partial charge in [-0.2, -0.15) is 4.39 Å². The molecular weight excluding hydrogens is 534 g/mol. The number of aryl methyl sites for hydroxylation is 1. The topological polar surface area (TPSA) is 95.1 Å². The minimum atomic E-state index is -1.70. The molecule has 0 aliphatic rings. The van der Waals surface area contributed by atoms with Crippen LogP contribution in [0.15, 0.2) is 42.6 Å². The lowest BCUT2D eigenvalue weighted by molar-refractivity contribution is -0.386. The number of nitrogens with one attached hydrogen (secondary N) is 1. The molecule has 12 heteroatoms. The zero-order chi connectivity index (χ0) is 29.7. The van der Waals surface area contributed by atoms with E-state index in [1.165, 1.54) is 49.1 Å². The number of nitro benzene ring substituents is 1. The third kappa shape index (κ3) is 5.48. The van der Waals surface area contributed by atoms with Gasteiger partial charge in [0.1, 0.15) is 11.4 Å². The summed E-state index contributed by atoms with van der Waals surface area (Å²) in [6.07, 6.45) is 1.47. The highest BCUT2D eigenvalue weighted by molar-refractivity contribution is 6.09. The summed E-state index contributed by atoms with van der Waals surface area (Å²) >= 11 is 0. The van der Waals surface area contributed by atoms with Gasteiger partial charge in [0.05, 0.1) is 35.4 Å². The van der Waals surface area contributed by atoms with Crippen LogP contribution in [0.2, 0.25) is 0 Å². The summed E-state index contributed by atoms with van der Waals surface area (Å²) in [5.41, 5.74) is -0.697. The third-order valence-electron chi connectivity index (χ3n) is 5.96. The Morgan fingerprint density at radius 1 is 1.05 bits per heavy atom. The maximum Gasteiger partial charge on any atom is 0.328 e. The van der Waals surface area contributed by atoms with Gasteiger partial charge in [-0.1, -0.05) is 19.9 Å². The monoisotopic (exact) mass is 561 g/mol. The van der Waals surface area contributed by atoms with Crippen LogP contribution >= 0.6 is 0 Å². The number of carbonyl (C=O) groups is 1. The summed E-state index contributed by atoms with van der Waals surface area (Å²) in [7, 11) is 2.73. The van der Waals surface area contributed by atoms with E-state index in [1.807, 2.05) is 13.8 Å². The van der Waals surface area contributed by atoms with Crippen LogP contribution in [0.5, 0.6) is 5.75 Å². The van der Waals surface area contributed by atoms with Gasteiger partial charge in [0, 0.05) is 37.0 Å². The van der Waals surface area contributed by atoms with E-state index < -0.39 is 45.2 Å². The number of pyridine rings is 1. The molecule has 2 heterocycles. The molecule has 8 nitrogen and oxygen atoms in total. The molecule has 0 saturated heterocycles. The standard InChI is InChI=1S/C26H21F4N3O5.C2H6/c1-13-9-19(26(34)14-10-16(27)22(29)17(28)11-14)32-7-4-5-15(24(13)32)21-20(38-3)12-18(31-6-8-37-2)25(23(21)30)33(35)36;1-2/h4-5,7,9-12,31H,6,8H2,1-3H3;1-2H3. The highest BCUT2D eigenvalue weighted by atomic mass is 19.2. The second-order valence-corrected chi connectivity index (χ2v) is 8.28. The van der Waals surface area contributed by atoms with Gasteiger partial charge in [0.2, 0.25) is 11.6 Å². The van der Waals surface area contributed by atoms with Crippen molar-refractivity contribution >= 4 is 22.7 Å². The SMILES string of the molecule is CC.COCCNc1cc(OC)c(-c2cccn3c(C(=O)c4cc(F)c(F)c(F)c4)cc(C)c23)c(F)c1[N+](=O)[O-]. The van der Waals surface area contributed by atoms with E-state index in [1.54, 1.807) is 6.92 Å². The first kappa shape index (κ1) is 30.1. The van der Waals surface area contributed by atoms with E-state index in [4.69, 9.17) is 9.47 Å². The zero-order valence-electron chi connectivity index (χ0n) is 22.4. The van der Waals surface area contributed by atoms with Crippen molar-refractivity contribution in [1.82, 2.24) is 4.40 Å². The number of nitro groups is 1. The molecule has 2 aromatic heterocycles. The van der Waals surface area contributed by atoms with Gasteiger partial charge in [-0.05, 0) is 36.8 Å². The predicted molar refractivity (Wildman–Crippen MR) is 142 cm³/mol. The molecular formula is C28H27F4N3O5. The molecule has 0 aliphatic heterocycles. The Bertz CT molecular complexity index is 1560. The molecule has 1 N–H and O–H groups in total. The number of hydrogen-bond donors (Lipinski definition) is 1. The molecule has 0 fully saturated rings. The molecule has 4 aromatic rings. The van der Waals surface area contributed by atoms with Gasteiger partial charge in [0.25, 0.3) is 0 Å². The Hall–Kier alpha value is -4.45. The summed E-state index contributed by atoms with van der Waals surface area (Å²) in [4.78, 5) is 24.1. The van der Waals surface area contributed by atoms with Crippen molar-refractivity contribution in [3.05, 3.63) is 92.8 Å². The van der Waals surface area contributed by atoms with Crippen molar-refractivity contribution in [3.63, 3.8) is 0 Å². The van der Waals surface area contributed by atoms with E-state index in [0.29, 0.717) is 23.2 Å². The number of ketones is 1. The number of hydrogen-bond acceptors (Lipinski definition) is 6. The average molecular weight is 562 g/mol. The van der Waals surface area contributed by atoms with Crippen LogP contribution in [-0.2, 0) is 4.74 Å². The van der Waals surface area contributed by atoms with Crippen molar-refractivity contribution in [2.75, 3.05) is 32.7 Å². The zero-order valence-corrected chi connectivity index (χ0v) is 22.4. The van der Waals surface area contributed by atoms with E-state index >= 15 is 4.39 Å². The fourth-order valence-electron chi connectivity index (χ4n) is 4.30. The first-order valence-electron chi connectivity index (χ1n) is 12.2. The fraction of sp³-hybridized carbons (Fsp3) is 0.250. The number of methoxy groups -OCH3 is 2. The van der Waals surface area contributed by atoms with Crippen LogP contribution in [0, 0.1) is 40.3 Å². The number of fused-ring (bicyclic) bond motifs is 1. The second-order valence-electron chi connectivity index (χ2n) is 8.28. The van der Waals surface area contributed by atoms with Gasteiger partial charge in [-0.3, -0.25) is 14.9 Å². The Labute approximate surface area is 227 Å². The number of nitrogens with zero attached hydrogens (tertiary/aromatic N) is 2. The van der Waals surface area contributed by atoms with Gasteiger partial charge >= 0.3 is 5.69 Å². The maximum atomic E-state index is 15.9. The molecule has 0 spiro atoms. The lowest BCUT2D eigenvalue weighted by Gasteiger charge is -2.16. The Balaban J connectivity index is 0.00000216. The molecule has 0 radical (unpaired) electrons. The third-order valence-corrected chi connectivity index (χ3v) is 5.96. The Morgan fingerprint density at radius 3 is 2.27 bits per heavy atom. The molecule has 0 saturated carbocycles. The summed E-state index contributed by atoms with van der Waals surface area (Å²) < 4.78 is 68.5. The fourth-order valence-corrected chi connectivity index (χ4v) is 4.30. The summed E-state index contributed by atoms with van der Waals surface area (Å²) in [5.74, 6) is -6.76. The smallest absolute Gasteiger partial charge is 0.328 e. The first-order chi connectivity index (χ1) is 19.1. The molecule has 0 amide bonds. The van der Waals surface area contributed by atoms with Crippen LogP contribution in [0.25, 0.3) is 16.6 Å².